The van der Waals surface area contributed by atoms with E-state index < -0.39 is 9.84 Å². The molecule has 0 atom stereocenters. The topological polar surface area (TPSA) is 76.5 Å². The van der Waals surface area contributed by atoms with Crippen LogP contribution < -0.4 is 10.1 Å². The summed E-state index contributed by atoms with van der Waals surface area (Å²) in [6.45, 7) is 10.6. The van der Waals surface area contributed by atoms with Gasteiger partial charge in [0.2, 0.25) is 15.0 Å². The molecule has 0 saturated heterocycles. The molecule has 0 spiro atoms. The number of benzene rings is 1. The molecule has 166 valence electrons. The van der Waals surface area contributed by atoms with Crippen molar-refractivity contribution in [1.29, 1.82) is 0 Å². The van der Waals surface area contributed by atoms with Gasteiger partial charge in [-0.3, -0.25) is 0 Å². The van der Waals surface area contributed by atoms with Crippen LogP contribution in [0.15, 0.2) is 35.6 Å². The number of rotatable bonds is 10. The highest BCUT2D eigenvalue weighted by molar-refractivity contribution is 7.90. The predicted molar refractivity (Wildman–Crippen MR) is 123 cm³/mol. The van der Waals surface area contributed by atoms with Crippen LogP contribution in [0.3, 0.4) is 0 Å². The molecule has 0 saturated carbocycles. The Bertz CT molecular complexity index is 955. The lowest BCUT2D eigenvalue weighted by Crippen LogP contribution is -2.39. The lowest BCUT2D eigenvalue weighted by atomic mass is 10.2. The van der Waals surface area contributed by atoms with Crippen LogP contribution in [0.1, 0.15) is 39.0 Å². The third-order valence-corrected chi connectivity index (χ3v) is 6.57. The van der Waals surface area contributed by atoms with Crippen molar-refractivity contribution in [1.82, 2.24) is 19.8 Å². The first kappa shape index (κ1) is 24.1. The van der Waals surface area contributed by atoms with Gasteiger partial charge in [-0.2, -0.15) is 0 Å². The Morgan fingerprint density at radius 2 is 2.07 bits per heavy atom. The number of methoxy groups -OCH3 is 1. The van der Waals surface area contributed by atoms with E-state index in [4.69, 9.17) is 17.0 Å². The van der Waals surface area contributed by atoms with Crippen molar-refractivity contribution in [3.05, 3.63) is 41.7 Å². The van der Waals surface area contributed by atoms with E-state index in [0.29, 0.717) is 36.1 Å². The van der Waals surface area contributed by atoms with Crippen LogP contribution in [-0.2, 0) is 28.7 Å². The van der Waals surface area contributed by atoms with Crippen LogP contribution in [0, 0.1) is 5.92 Å². The van der Waals surface area contributed by atoms with Gasteiger partial charge in [-0.1, -0.05) is 26.0 Å². The minimum atomic E-state index is -3.64. The van der Waals surface area contributed by atoms with Crippen molar-refractivity contribution < 1.29 is 13.2 Å². The molecule has 7 nitrogen and oxygen atoms in total. The Kier molecular flexibility index (Phi) is 8.66. The molecule has 1 N–H and O–H groups in total. The first-order chi connectivity index (χ1) is 14.2. The van der Waals surface area contributed by atoms with Gasteiger partial charge in [-0.15, -0.1) is 0 Å². The van der Waals surface area contributed by atoms with Crippen LogP contribution in [0.4, 0.5) is 0 Å². The third-order valence-electron chi connectivity index (χ3n) is 4.57. The largest absolute Gasteiger partial charge is 0.497 e. The number of imidazole rings is 1. The summed E-state index contributed by atoms with van der Waals surface area (Å²) in [5.41, 5.74) is 1.49. The SMILES string of the molecule is CCNC(=S)N(CC)Cc1cnc(S(=O)(=O)Cc2cccc(OC)c2)n1CC(C)C. The zero-order valence-electron chi connectivity index (χ0n) is 18.4. The monoisotopic (exact) mass is 452 g/mol. The molecule has 0 aliphatic rings. The molecular weight excluding hydrogens is 420 g/mol. The molecular formula is C21H32N4O3S2. The normalized spacial score (nSPS) is 11.5. The van der Waals surface area contributed by atoms with Gasteiger partial charge < -0.3 is 19.5 Å². The van der Waals surface area contributed by atoms with Crippen molar-refractivity contribution in [2.45, 2.75) is 51.7 Å². The van der Waals surface area contributed by atoms with E-state index in [1.54, 1.807) is 37.6 Å². The molecule has 2 rings (SSSR count). The van der Waals surface area contributed by atoms with E-state index in [1.165, 1.54) is 0 Å². The zero-order chi connectivity index (χ0) is 22.3. The number of sulfone groups is 1. The number of hydrogen-bond donors (Lipinski definition) is 1. The second-order valence-corrected chi connectivity index (χ2v) is 9.77. The molecule has 0 aliphatic carbocycles. The van der Waals surface area contributed by atoms with Crippen LogP contribution in [-0.4, -0.2) is 48.2 Å². The highest BCUT2D eigenvalue weighted by Gasteiger charge is 2.25. The summed E-state index contributed by atoms with van der Waals surface area (Å²) in [7, 11) is -2.08. The van der Waals surface area contributed by atoms with E-state index in [1.807, 2.05) is 23.3 Å². The van der Waals surface area contributed by atoms with Gasteiger partial charge >= 0.3 is 0 Å². The van der Waals surface area contributed by atoms with E-state index in [0.717, 1.165) is 12.2 Å². The summed E-state index contributed by atoms with van der Waals surface area (Å²) in [6, 6.07) is 7.10. The molecule has 1 heterocycles. The highest BCUT2D eigenvalue weighted by Crippen LogP contribution is 2.22. The number of nitrogens with one attached hydrogen (secondary N) is 1. The quantitative estimate of drug-likeness (QED) is 0.555. The van der Waals surface area contributed by atoms with E-state index in [-0.39, 0.29) is 16.8 Å². The average Bonchev–Trinajstić information content (AvgIpc) is 3.08. The number of aromatic nitrogens is 2. The average molecular weight is 453 g/mol. The van der Waals surface area contributed by atoms with Gasteiger partial charge in [-0.25, -0.2) is 13.4 Å². The zero-order valence-corrected chi connectivity index (χ0v) is 20.0. The van der Waals surface area contributed by atoms with E-state index in [2.05, 4.69) is 24.1 Å². The Morgan fingerprint density at radius 3 is 2.67 bits per heavy atom. The van der Waals surface area contributed by atoms with Crippen molar-refractivity contribution >= 4 is 27.2 Å². The minimum Gasteiger partial charge on any atom is -0.497 e. The van der Waals surface area contributed by atoms with Crippen molar-refractivity contribution in [2.75, 3.05) is 20.2 Å². The summed E-state index contributed by atoms with van der Waals surface area (Å²) >= 11 is 5.45. The third kappa shape index (κ3) is 6.18. The first-order valence-electron chi connectivity index (χ1n) is 10.1. The van der Waals surface area contributed by atoms with Crippen LogP contribution in [0.5, 0.6) is 5.75 Å². The molecule has 0 amide bonds. The molecule has 2 aromatic rings. The van der Waals surface area contributed by atoms with Crippen molar-refractivity contribution in [3.63, 3.8) is 0 Å². The van der Waals surface area contributed by atoms with Gasteiger partial charge in [0, 0.05) is 19.6 Å². The Labute approximate surface area is 185 Å². The van der Waals surface area contributed by atoms with Gasteiger partial charge in [-0.05, 0) is 49.7 Å². The van der Waals surface area contributed by atoms with Gasteiger partial charge in [0.15, 0.2) is 5.11 Å². The fourth-order valence-corrected chi connectivity index (χ4v) is 4.99. The summed E-state index contributed by atoms with van der Waals surface area (Å²) in [6.07, 6.45) is 1.65. The molecule has 0 radical (unpaired) electrons. The number of thiocarbonyl (C=S) groups is 1. The van der Waals surface area contributed by atoms with Crippen LogP contribution in [0.25, 0.3) is 0 Å². The summed E-state index contributed by atoms with van der Waals surface area (Å²) < 4.78 is 33.5. The van der Waals surface area contributed by atoms with Crippen LogP contribution in [0.2, 0.25) is 0 Å². The van der Waals surface area contributed by atoms with Gasteiger partial charge in [0.05, 0.1) is 31.3 Å². The first-order valence-corrected chi connectivity index (χ1v) is 12.2. The molecule has 0 unspecified atom stereocenters. The predicted octanol–water partition coefficient (Wildman–Crippen LogP) is 3.24. The summed E-state index contributed by atoms with van der Waals surface area (Å²) in [4.78, 5) is 6.33. The molecule has 0 aliphatic heterocycles. The Morgan fingerprint density at radius 1 is 1.33 bits per heavy atom. The smallest absolute Gasteiger partial charge is 0.228 e. The maximum atomic E-state index is 13.2. The fraction of sp³-hybridized carbons (Fsp3) is 0.524. The van der Waals surface area contributed by atoms with E-state index in [9.17, 15) is 8.42 Å². The van der Waals surface area contributed by atoms with Crippen LogP contribution >= 0.6 is 12.2 Å². The number of hydrogen-bond acceptors (Lipinski definition) is 5. The van der Waals surface area contributed by atoms with Crippen molar-refractivity contribution in [3.8, 4) is 5.75 Å². The Hall–Kier alpha value is -2.13. The van der Waals surface area contributed by atoms with Gasteiger partial charge in [0.25, 0.3) is 0 Å². The summed E-state index contributed by atoms with van der Waals surface area (Å²) in [5, 5.41) is 3.90. The van der Waals surface area contributed by atoms with E-state index >= 15 is 0 Å². The molecule has 1 aromatic carbocycles. The number of nitrogens with zero attached hydrogens (tertiary/aromatic N) is 3. The Balaban J connectivity index is 2.38. The molecule has 30 heavy (non-hydrogen) atoms. The molecule has 9 heteroatoms. The maximum Gasteiger partial charge on any atom is 0.228 e. The fourth-order valence-electron chi connectivity index (χ4n) is 3.16. The molecule has 1 aromatic heterocycles. The summed E-state index contributed by atoms with van der Waals surface area (Å²) in [5.74, 6) is 0.760. The second-order valence-electron chi connectivity index (χ2n) is 7.50. The molecule has 0 bridgehead atoms. The minimum absolute atomic E-state index is 0.0967. The highest BCUT2D eigenvalue weighted by atomic mass is 32.2. The standard InChI is InChI=1S/C21H32N4O3S2/c1-6-22-20(29)24(7-2)14-18-12-23-21(25(18)13-16(3)4)30(26,27)15-17-9-8-10-19(11-17)28-5/h8-12,16H,6-7,13-15H2,1-5H3,(H,22,29). The van der Waals surface area contributed by atoms with Crippen molar-refractivity contribution in [2.24, 2.45) is 5.92 Å². The molecule has 0 fully saturated rings. The second kappa shape index (κ2) is 10.8. The lowest BCUT2D eigenvalue weighted by molar-refractivity contribution is 0.394. The number of ether oxygens (including phenoxy) is 1. The lowest BCUT2D eigenvalue weighted by Gasteiger charge is -2.25. The van der Waals surface area contributed by atoms with Gasteiger partial charge in [0.1, 0.15) is 5.75 Å². The maximum absolute atomic E-state index is 13.2.